The minimum atomic E-state index is -0.745. The van der Waals surface area contributed by atoms with Gasteiger partial charge in [-0.25, -0.2) is 4.39 Å². The molecular weight excluding hydrogens is 221 g/mol. The molecule has 0 amide bonds. The number of rotatable bonds is 5. The van der Waals surface area contributed by atoms with Crippen molar-refractivity contribution in [1.29, 1.82) is 0 Å². The molecule has 1 rings (SSSR count). The molecule has 0 radical (unpaired) electrons. The van der Waals surface area contributed by atoms with Crippen LogP contribution < -0.4 is 10.5 Å². The van der Waals surface area contributed by atoms with Crippen molar-refractivity contribution in [2.24, 2.45) is 5.73 Å². The highest BCUT2D eigenvalue weighted by Crippen LogP contribution is 2.20. The van der Waals surface area contributed by atoms with Crippen LogP contribution in [-0.4, -0.2) is 18.9 Å². The van der Waals surface area contributed by atoms with Crippen LogP contribution >= 0.6 is 0 Å². The summed E-state index contributed by atoms with van der Waals surface area (Å²) in [7, 11) is 1.37. The van der Waals surface area contributed by atoms with E-state index in [4.69, 9.17) is 16.9 Å². The maximum absolute atomic E-state index is 13.7. The normalized spacial score (nSPS) is 11.6. The van der Waals surface area contributed by atoms with Gasteiger partial charge >= 0.3 is 0 Å². The molecule has 1 unspecified atom stereocenters. The highest BCUT2D eigenvalue weighted by molar-refractivity contribution is 5.86. The number of halogens is 1. The number of nitrogens with two attached hydrogens (primary N) is 1. The summed E-state index contributed by atoms with van der Waals surface area (Å²) in [4.78, 5) is 11.6. The predicted octanol–water partition coefficient (Wildman–Crippen LogP) is 1.30. The van der Waals surface area contributed by atoms with Crippen LogP contribution in [0.3, 0.4) is 0 Å². The van der Waals surface area contributed by atoms with E-state index in [2.05, 4.69) is 5.92 Å². The summed E-state index contributed by atoms with van der Waals surface area (Å²) >= 11 is 0. The Bertz CT molecular complexity index is 451. The van der Waals surface area contributed by atoms with Crippen LogP contribution in [0.5, 0.6) is 5.75 Å². The molecule has 17 heavy (non-hydrogen) atoms. The molecule has 2 N–H and O–H groups in total. The van der Waals surface area contributed by atoms with Crippen LogP contribution in [0.2, 0.25) is 0 Å². The van der Waals surface area contributed by atoms with Gasteiger partial charge in [-0.1, -0.05) is 12.1 Å². The SMILES string of the molecule is C#CCC(N)C(=O)Cc1cccc(OC)c1F. The number of terminal acetylenes is 1. The van der Waals surface area contributed by atoms with Gasteiger partial charge in [0.25, 0.3) is 0 Å². The Hall–Kier alpha value is -1.86. The van der Waals surface area contributed by atoms with E-state index in [0.717, 1.165) is 0 Å². The summed E-state index contributed by atoms with van der Waals surface area (Å²) in [5, 5.41) is 0. The first-order valence-corrected chi connectivity index (χ1v) is 5.13. The van der Waals surface area contributed by atoms with E-state index in [1.54, 1.807) is 6.07 Å². The Balaban J connectivity index is 2.82. The third kappa shape index (κ3) is 3.30. The maximum Gasteiger partial charge on any atom is 0.168 e. The molecule has 0 aliphatic carbocycles. The zero-order valence-electron chi connectivity index (χ0n) is 9.57. The Kier molecular flexibility index (Phi) is 4.68. The molecular formula is C13H14FNO2. The lowest BCUT2D eigenvalue weighted by atomic mass is 10.0. The number of ketones is 1. The molecule has 0 fully saturated rings. The van der Waals surface area contributed by atoms with Crippen molar-refractivity contribution in [2.45, 2.75) is 18.9 Å². The van der Waals surface area contributed by atoms with Gasteiger partial charge in [-0.3, -0.25) is 4.79 Å². The summed E-state index contributed by atoms with van der Waals surface area (Å²) in [6.07, 6.45) is 5.14. The molecule has 0 aromatic heterocycles. The van der Waals surface area contributed by atoms with E-state index in [9.17, 15) is 9.18 Å². The second-order valence-corrected chi connectivity index (χ2v) is 3.59. The number of Topliss-reactive ketones (excluding diaryl/α,β-unsaturated/α-hetero) is 1. The summed E-state index contributed by atoms with van der Waals surface area (Å²) in [5.74, 6) is 1.61. The standard InChI is InChI=1S/C13H14FNO2/c1-3-5-10(15)11(16)8-9-6-4-7-12(17-2)13(9)14/h1,4,6-7,10H,5,8,15H2,2H3. The minimum absolute atomic E-state index is 0.0775. The molecule has 0 saturated carbocycles. The van der Waals surface area contributed by atoms with Gasteiger partial charge in [-0.2, -0.15) is 0 Å². The molecule has 0 saturated heterocycles. The Morgan fingerprint density at radius 3 is 2.94 bits per heavy atom. The van der Waals surface area contributed by atoms with Gasteiger partial charge < -0.3 is 10.5 Å². The Labute approximate surface area is 99.8 Å². The van der Waals surface area contributed by atoms with E-state index in [1.165, 1.54) is 19.2 Å². The first-order chi connectivity index (χ1) is 8.10. The molecule has 4 heteroatoms. The van der Waals surface area contributed by atoms with Crippen molar-refractivity contribution in [1.82, 2.24) is 0 Å². The summed E-state index contributed by atoms with van der Waals surface area (Å²) < 4.78 is 18.5. The largest absolute Gasteiger partial charge is 0.494 e. The fourth-order valence-corrected chi connectivity index (χ4v) is 1.41. The topological polar surface area (TPSA) is 52.3 Å². The second kappa shape index (κ2) is 6.02. The molecule has 0 spiro atoms. The van der Waals surface area contributed by atoms with Gasteiger partial charge in [0, 0.05) is 12.8 Å². The number of methoxy groups -OCH3 is 1. The molecule has 1 atom stereocenters. The Morgan fingerprint density at radius 2 is 2.35 bits per heavy atom. The predicted molar refractivity (Wildman–Crippen MR) is 63.1 cm³/mol. The lowest BCUT2D eigenvalue weighted by Gasteiger charge is -2.09. The number of hydrogen-bond donors (Lipinski definition) is 1. The lowest BCUT2D eigenvalue weighted by Crippen LogP contribution is -2.31. The molecule has 0 aliphatic heterocycles. The van der Waals surface area contributed by atoms with Crippen molar-refractivity contribution in [3.63, 3.8) is 0 Å². The Morgan fingerprint density at radius 1 is 1.65 bits per heavy atom. The van der Waals surface area contributed by atoms with E-state index in [-0.39, 0.29) is 29.9 Å². The smallest absolute Gasteiger partial charge is 0.168 e. The van der Waals surface area contributed by atoms with Gasteiger partial charge in [0.1, 0.15) is 0 Å². The number of ether oxygens (including phenoxy) is 1. The average molecular weight is 235 g/mol. The molecule has 3 nitrogen and oxygen atoms in total. The van der Waals surface area contributed by atoms with Crippen LogP contribution in [0.1, 0.15) is 12.0 Å². The van der Waals surface area contributed by atoms with Crippen LogP contribution in [0.15, 0.2) is 18.2 Å². The van der Waals surface area contributed by atoms with E-state index >= 15 is 0 Å². The summed E-state index contributed by atoms with van der Waals surface area (Å²) in [6, 6.07) is 3.89. The average Bonchev–Trinajstić information content (AvgIpc) is 2.32. The molecule has 0 heterocycles. The van der Waals surface area contributed by atoms with Gasteiger partial charge in [0.05, 0.1) is 13.2 Å². The third-order valence-electron chi connectivity index (χ3n) is 2.38. The molecule has 90 valence electrons. The van der Waals surface area contributed by atoms with Gasteiger partial charge in [-0.15, -0.1) is 12.3 Å². The number of hydrogen-bond acceptors (Lipinski definition) is 3. The number of benzene rings is 1. The number of carbonyl (C=O) groups excluding carboxylic acids is 1. The molecule has 1 aromatic carbocycles. The second-order valence-electron chi connectivity index (χ2n) is 3.59. The molecule has 0 aliphatic rings. The van der Waals surface area contributed by atoms with Crippen molar-refractivity contribution >= 4 is 5.78 Å². The highest BCUT2D eigenvalue weighted by atomic mass is 19.1. The molecule has 0 bridgehead atoms. The zero-order valence-corrected chi connectivity index (χ0v) is 9.57. The minimum Gasteiger partial charge on any atom is -0.494 e. The quantitative estimate of drug-likeness (QED) is 0.782. The maximum atomic E-state index is 13.7. The fourth-order valence-electron chi connectivity index (χ4n) is 1.41. The lowest BCUT2D eigenvalue weighted by molar-refractivity contribution is -0.119. The number of carbonyl (C=O) groups is 1. The van der Waals surface area contributed by atoms with Crippen molar-refractivity contribution in [2.75, 3.05) is 7.11 Å². The highest BCUT2D eigenvalue weighted by Gasteiger charge is 2.16. The van der Waals surface area contributed by atoms with E-state index < -0.39 is 11.9 Å². The van der Waals surface area contributed by atoms with Crippen molar-refractivity contribution < 1.29 is 13.9 Å². The van der Waals surface area contributed by atoms with Crippen molar-refractivity contribution in [3.8, 4) is 18.1 Å². The first kappa shape index (κ1) is 13.2. The van der Waals surface area contributed by atoms with Crippen LogP contribution in [0.4, 0.5) is 4.39 Å². The van der Waals surface area contributed by atoms with Gasteiger partial charge in [0.15, 0.2) is 17.3 Å². The van der Waals surface area contributed by atoms with Gasteiger partial charge in [-0.05, 0) is 11.6 Å². The molecule has 1 aromatic rings. The summed E-state index contributed by atoms with van der Waals surface area (Å²) in [5.41, 5.74) is 5.82. The third-order valence-corrected chi connectivity index (χ3v) is 2.38. The van der Waals surface area contributed by atoms with E-state index in [1.807, 2.05) is 0 Å². The van der Waals surface area contributed by atoms with Crippen LogP contribution in [-0.2, 0) is 11.2 Å². The zero-order chi connectivity index (χ0) is 12.8. The van der Waals surface area contributed by atoms with E-state index in [0.29, 0.717) is 0 Å². The van der Waals surface area contributed by atoms with Crippen LogP contribution in [0, 0.1) is 18.2 Å². The van der Waals surface area contributed by atoms with Gasteiger partial charge in [0.2, 0.25) is 0 Å². The fraction of sp³-hybridized carbons (Fsp3) is 0.308. The van der Waals surface area contributed by atoms with Crippen LogP contribution in [0.25, 0.3) is 0 Å². The monoisotopic (exact) mass is 235 g/mol. The van der Waals surface area contributed by atoms with Crippen molar-refractivity contribution in [3.05, 3.63) is 29.6 Å². The summed E-state index contributed by atoms with van der Waals surface area (Å²) in [6.45, 7) is 0. The first-order valence-electron chi connectivity index (χ1n) is 5.13.